The van der Waals surface area contributed by atoms with Gasteiger partial charge in [0.15, 0.2) is 11.6 Å². The third-order valence-corrected chi connectivity index (χ3v) is 3.53. The molecule has 2 rings (SSSR count). The third kappa shape index (κ3) is 2.82. The summed E-state index contributed by atoms with van der Waals surface area (Å²) in [5, 5.41) is 0. The summed E-state index contributed by atoms with van der Waals surface area (Å²) in [6, 6.07) is 4.44. The van der Waals surface area contributed by atoms with Crippen molar-refractivity contribution in [3.8, 4) is 0 Å². The van der Waals surface area contributed by atoms with E-state index in [9.17, 15) is 8.78 Å². The zero-order chi connectivity index (χ0) is 12.4. The maximum Gasteiger partial charge on any atom is 0.163 e. The summed E-state index contributed by atoms with van der Waals surface area (Å²) in [6.45, 7) is 4.21. The van der Waals surface area contributed by atoms with Crippen molar-refractivity contribution in [3.05, 3.63) is 35.4 Å². The fourth-order valence-corrected chi connectivity index (χ4v) is 2.22. The number of hydrogen-bond acceptors (Lipinski definition) is 2. The minimum Gasteiger partial charge on any atom is -0.326 e. The van der Waals surface area contributed by atoms with E-state index in [1.54, 1.807) is 12.1 Å². The quantitative estimate of drug-likeness (QED) is 0.858. The Hall–Kier alpha value is -1.00. The zero-order valence-corrected chi connectivity index (χ0v) is 10.00. The van der Waals surface area contributed by atoms with Gasteiger partial charge in [-0.2, -0.15) is 0 Å². The van der Waals surface area contributed by atoms with Gasteiger partial charge in [-0.25, -0.2) is 8.78 Å². The molecular formula is C13H18F2N2. The first-order valence-corrected chi connectivity index (χ1v) is 5.98. The summed E-state index contributed by atoms with van der Waals surface area (Å²) in [5.74, 6) is -1.01. The molecule has 1 saturated heterocycles. The molecule has 17 heavy (non-hydrogen) atoms. The number of halogens is 2. The molecule has 0 aliphatic carbocycles. The van der Waals surface area contributed by atoms with Crippen molar-refractivity contribution >= 4 is 0 Å². The molecule has 2 unspecified atom stereocenters. The van der Waals surface area contributed by atoms with Gasteiger partial charge in [0.1, 0.15) is 0 Å². The van der Waals surface area contributed by atoms with E-state index in [1.165, 1.54) is 0 Å². The normalized spacial score (nSPS) is 26.1. The summed E-state index contributed by atoms with van der Waals surface area (Å²) in [7, 11) is 0. The van der Waals surface area contributed by atoms with Crippen molar-refractivity contribution in [2.24, 2.45) is 11.7 Å². The molecule has 1 heterocycles. The van der Waals surface area contributed by atoms with Gasteiger partial charge in [-0.05, 0) is 24.9 Å². The van der Waals surface area contributed by atoms with Gasteiger partial charge in [0.05, 0.1) is 0 Å². The minimum absolute atomic E-state index is 0.125. The summed E-state index contributed by atoms with van der Waals surface area (Å²) < 4.78 is 26.6. The Bertz CT molecular complexity index is 395. The fourth-order valence-electron chi connectivity index (χ4n) is 2.22. The van der Waals surface area contributed by atoms with Crippen molar-refractivity contribution in [2.75, 3.05) is 13.1 Å². The number of nitrogens with two attached hydrogens (primary N) is 1. The second-order valence-electron chi connectivity index (χ2n) is 4.88. The smallest absolute Gasteiger partial charge is 0.163 e. The zero-order valence-electron chi connectivity index (χ0n) is 10.00. The molecule has 1 aromatic rings. The van der Waals surface area contributed by atoms with E-state index in [4.69, 9.17) is 5.73 Å². The highest BCUT2D eigenvalue weighted by Gasteiger charge is 2.23. The van der Waals surface area contributed by atoms with Gasteiger partial charge in [0.2, 0.25) is 0 Å². The molecular weight excluding hydrogens is 222 g/mol. The molecule has 0 spiro atoms. The van der Waals surface area contributed by atoms with E-state index < -0.39 is 11.6 Å². The first kappa shape index (κ1) is 12.5. The minimum atomic E-state index is -0.780. The molecule has 0 radical (unpaired) electrons. The molecule has 0 amide bonds. The van der Waals surface area contributed by atoms with E-state index in [2.05, 4.69) is 11.8 Å². The molecule has 1 aliphatic heterocycles. The van der Waals surface area contributed by atoms with Gasteiger partial charge in [-0.1, -0.05) is 19.1 Å². The van der Waals surface area contributed by atoms with Crippen LogP contribution < -0.4 is 5.73 Å². The van der Waals surface area contributed by atoms with E-state index in [-0.39, 0.29) is 6.04 Å². The highest BCUT2D eigenvalue weighted by Crippen LogP contribution is 2.19. The number of nitrogens with zero attached hydrogens (tertiary/aromatic N) is 1. The van der Waals surface area contributed by atoms with Gasteiger partial charge < -0.3 is 5.73 Å². The van der Waals surface area contributed by atoms with Crippen molar-refractivity contribution in [1.29, 1.82) is 0 Å². The fraction of sp³-hybridized carbons (Fsp3) is 0.538. The Kier molecular flexibility index (Phi) is 3.74. The maximum absolute atomic E-state index is 13.5. The lowest BCUT2D eigenvalue weighted by molar-refractivity contribution is 0.160. The van der Waals surface area contributed by atoms with Crippen LogP contribution in [0.3, 0.4) is 0 Å². The summed E-state index contributed by atoms with van der Waals surface area (Å²) in [5.41, 5.74) is 6.39. The molecule has 0 bridgehead atoms. The molecule has 94 valence electrons. The largest absolute Gasteiger partial charge is 0.326 e. The molecule has 2 nitrogen and oxygen atoms in total. The van der Waals surface area contributed by atoms with Gasteiger partial charge >= 0.3 is 0 Å². The highest BCUT2D eigenvalue weighted by atomic mass is 19.2. The van der Waals surface area contributed by atoms with Gasteiger partial charge in [-0.15, -0.1) is 0 Å². The van der Waals surface area contributed by atoms with Crippen LogP contribution in [0.5, 0.6) is 0 Å². The third-order valence-electron chi connectivity index (χ3n) is 3.53. The lowest BCUT2D eigenvalue weighted by Crippen LogP contribution is -2.47. The molecule has 0 saturated carbocycles. The van der Waals surface area contributed by atoms with E-state index in [1.807, 2.05) is 0 Å². The standard InChI is InChI=1S/C13H18F2N2/c1-9-5-6-17(8-12(9)16)7-10-3-2-4-11(14)13(10)15/h2-4,9,12H,5-8,16H2,1H3. The van der Waals surface area contributed by atoms with E-state index >= 15 is 0 Å². The molecule has 1 aliphatic rings. The second kappa shape index (κ2) is 5.10. The average molecular weight is 240 g/mol. The Morgan fingerprint density at radius 3 is 2.88 bits per heavy atom. The van der Waals surface area contributed by atoms with Crippen molar-refractivity contribution in [3.63, 3.8) is 0 Å². The maximum atomic E-state index is 13.5. The second-order valence-corrected chi connectivity index (χ2v) is 4.88. The summed E-state index contributed by atoms with van der Waals surface area (Å²) in [4.78, 5) is 2.09. The number of benzene rings is 1. The average Bonchev–Trinajstić information content (AvgIpc) is 2.30. The summed E-state index contributed by atoms with van der Waals surface area (Å²) >= 11 is 0. The van der Waals surface area contributed by atoms with Crippen molar-refractivity contribution < 1.29 is 8.78 Å². The van der Waals surface area contributed by atoms with Crippen LogP contribution in [-0.4, -0.2) is 24.0 Å². The number of piperidine rings is 1. The molecule has 4 heteroatoms. The van der Waals surface area contributed by atoms with Gasteiger partial charge in [0, 0.05) is 24.7 Å². The van der Waals surface area contributed by atoms with Crippen LogP contribution in [0.4, 0.5) is 8.78 Å². The van der Waals surface area contributed by atoms with Gasteiger partial charge in [0.25, 0.3) is 0 Å². The first-order valence-electron chi connectivity index (χ1n) is 5.98. The Balaban J connectivity index is 2.04. The van der Waals surface area contributed by atoms with Crippen molar-refractivity contribution in [2.45, 2.75) is 25.9 Å². The number of likely N-dealkylation sites (tertiary alicyclic amines) is 1. The molecule has 1 fully saturated rings. The lowest BCUT2D eigenvalue weighted by Gasteiger charge is -2.35. The number of rotatable bonds is 2. The van der Waals surface area contributed by atoms with Crippen LogP contribution in [0.2, 0.25) is 0 Å². The van der Waals surface area contributed by atoms with Crippen LogP contribution in [0.25, 0.3) is 0 Å². The van der Waals surface area contributed by atoms with Crippen LogP contribution in [0, 0.1) is 17.6 Å². The first-order chi connectivity index (χ1) is 8.08. The lowest BCUT2D eigenvalue weighted by atomic mass is 9.94. The molecule has 2 N–H and O–H groups in total. The summed E-state index contributed by atoms with van der Waals surface area (Å²) in [6.07, 6.45) is 1.01. The van der Waals surface area contributed by atoms with Gasteiger partial charge in [-0.3, -0.25) is 4.90 Å². The predicted molar refractivity (Wildman–Crippen MR) is 63.4 cm³/mol. The van der Waals surface area contributed by atoms with Crippen LogP contribution in [0.1, 0.15) is 18.9 Å². The Morgan fingerprint density at radius 2 is 2.18 bits per heavy atom. The Morgan fingerprint density at radius 1 is 1.41 bits per heavy atom. The highest BCUT2D eigenvalue weighted by molar-refractivity contribution is 5.18. The van der Waals surface area contributed by atoms with Crippen LogP contribution >= 0.6 is 0 Å². The Labute approximate surface area is 100 Å². The van der Waals surface area contributed by atoms with Crippen LogP contribution in [0.15, 0.2) is 18.2 Å². The molecule has 0 aromatic heterocycles. The molecule has 1 aromatic carbocycles. The SMILES string of the molecule is CC1CCN(Cc2cccc(F)c2F)CC1N. The molecule has 2 atom stereocenters. The van der Waals surface area contributed by atoms with Crippen molar-refractivity contribution in [1.82, 2.24) is 4.90 Å². The van der Waals surface area contributed by atoms with Crippen LogP contribution in [-0.2, 0) is 6.54 Å². The van der Waals surface area contributed by atoms with E-state index in [0.717, 1.165) is 25.6 Å². The number of hydrogen-bond donors (Lipinski definition) is 1. The monoisotopic (exact) mass is 240 g/mol. The van der Waals surface area contributed by atoms with E-state index in [0.29, 0.717) is 18.0 Å². The predicted octanol–water partition coefficient (Wildman–Crippen LogP) is 2.13. The topological polar surface area (TPSA) is 29.3 Å².